The van der Waals surface area contributed by atoms with Crippen LogP contribution in [0.15, 0.2) is 24.8 Å². The predicted molar refractivity (Wildman–Crippen MR) is 97.7 cm³/mol. The van der Waals surface area contributed by atoms with Gasteiger partial charge >= 0.3 is 0 Å². The summed E-state index contributed by atoms with van der Waals surface area (Å²) in [4.78, 5) is 2.35. The first-order chi connectivity index (χ1) is 10.2. The minimum absolute atomic E-state index is 0. The molecule has 1 aromatic carbocycles. The van der Waals surface area contributed by atoms with Gasteiger partial charge in [0.1, 0.15) is 17.2 Å². The molecule has 0 bridgehead atoms. The van der Waals surface area contributed by atoms with Crippen molar-refractivity contribution in [1.29, 1.82) is 0 Å². The quantitative estimate of drug-likeness (QED) is 0.760. The molecule has 132 valence electrons. The molecule has 0 amide bonds. The number of phenols is 1. The predicted octanol–water partition coefficient (Wildman–Crippen LogP) is 2.78. The van der Waals surface area contributed by atoms with Gasteiger partial charge < -0.3 is 19.9 Å². The van der Waals surface area contributed by atoms with E-state index >= 15 is 0 Å². The Balaban J connectivity index is 0.00000242. The number of halogens is 2. The zero-order chi connectivity index (χ0) is 15.2. The average Bonchev–Trinajstić information content (AvgIpc) is 2.53. The highest BCUT2D eigenvalue weighted by atomic mass is 35.5. The Morgan fingerprint density at radius 3 is 2.43 bits per heavy atom. The van der Waals surface area contributed by atoms with Crippen molar-refractivity contribution in [3.63, 3.8) is 0 Å². The van der Waals surface area contributed by atoms with Gasteiger partial charge in [-0.1, -0.05) is 6.08 Å². The highest BCUT2D eigenvalue weighted by Gasteiger charge is 2.27. The molecular formula is C16H26Cl2N2O3. The van der Waals surface area contributed by atoms with Gasteiger partial charge in [0.15, 0.2) is 0 Å². The van der Waals surface area contributed by atoms with Crippen molar-refractivity contribution in [3.8, 4) is 17.2 Å². The minimum Gasteiger partial charge on any atom is -0.507 e. The summed E-state index contributed by atoms with van der Waals surface area (Å²) in [6.45, 7) is 7.63. The Labute approximate surface area is 150 Å². The number of nitrogens with zero attached hydrogens (tertiary/aromatic N) is 1. The van der Waals surface area contributed by atoms with E-state index in [1.807, 2.05) is 12.1 Å². The normalized spacial score (nSPS) is 15.7. The van der Waals surface area contributed by atoms with Crippen molar-refractivity contribution in [1.82, 2.24) is 10.2 Å². The highest BCUT2D eigenvalue weighted by Crippen LogP contribution is 2.41. The molecule has 1 aromatic rings. The van der Waals surface area contributed by atoms with Crippen LogP contribution in [0.3, 0.4) is 0 Å². The lowest BCUT2D eigenvalue weighted by atomic mass is 9.98. The molecule has 23 heavy (non-hydrogen) atoms. The SMILES string of the molecule is C=CC[C@H](c1c(O)cc(OC)cc1OC)N1CCNCC1.Cl.Cl. The van der Waals surface area contributed by atoms with E-state index in [0.29, 0.717) is 11.5 Å². The molecule has 0 aliphatic carbocycles. The van der Waals surface area contributed by atoms with Crippen LogP contribution in [0.5, 0.6) is 17.2 Å². The first-order valence-electron chi connectivity index (χ1n) is 7.21. The van der Waals surface area contributed by atoms with Crippen LogP contribution in [0.4, 0.5) is 0 Å². The first-order valence-corrected chi connectivity index (χ1v) is 7.21. The maximum atomic E-state index is 10.4. The molecule has 1 aliphatic heterocycles. The summed E-state index contributed by atoms with van der Waals surface area (Å²) in [7, 11) is 3.19. The molecule has 1 aliphatic rings. The van der Waals surface area contributed by atoms with Gasteiger partial charge in [-0.05, 0) is 6.42 Å². The van der Waals surface area contributed by atoms with Crippen LogP contribution < -0.4 is 14.8 Å². The Morgan fingerprint density at radius 1 is 1.26 bits per heavy atom. The van der Waals surface area contributed by atoms with Crippen molar-refractivity contribution < 1.29 is 14.6 Å². The number of ether oxygens (including phenoxy) is 2. The summed E-state index contributed by atoms with van der Waals surface area (Å²) < 4.78 is 10.7. The number of methoxy groups -OCH3 is 2. The molecule has 1 atom stereocenters. The van der Waals surface area contributed by atoms with Gasteiger partial charge in [-0.25, -0.2) is 0 Å². The molecule has 7 heteroatoms. The maximum Gasteiger partial charge on any atom is 0.131 e. The van der Waals surface area contributed by atoms with Gasteiger partial charge in [0, 0.05) is 44.4 Å². The van der Waals surface area contributed by atoms with Gasteiger partial charge in [-0.15, -0.1) is 31.4 Å². The van der Waals surface area contributed by atoms with Crippen molar-refractivity contribution in [2.75, 3.05) is 40.4 Å². The summed E-state index contributed by atoms with van der Waals surface area (Å²) in [6.07, 6.45) is 2.64. The largest absolute Gasteiger partial charge is 0.507 e. The van der Waals surface area contributed by atoms with Gasteiger partial charge in [-0.3, -0.25) is 4.90 Å². The first kappa shape index (κ1) is 21.9. The molecule has 1 saturated heterocycles. The fourth-order valence-corrected chi connectivity index (χ4v) is 2.81. The lowest BCUT2D eigenvalue weighted by molar-refractivity contribution is 0.168. The third-order valence-electron chi connectivity index (χ3n) is 3.86. The number of rotatable bonds is 6. The van der Waals surface area contributed by atoms with Crippen LogP contribution in [-0.2, 0) is 0 Å². The van der Waals surface area contributed by atoms with Crippen molar-refractivity contribution in [2.24, 2.45) is 0 Å². The lowest BCUT2D eigenvalue weighted by Gasteiger charge is -2.35. The van der Waals surface area contributed by atoms with Gasteiger partial charge in [-0.2, -0.15) is 0 Å². The number of phenolic OH excluding ortho intramolecular Hbond substituents is 1. The Morgan fingerprint density at radius 2 is 1.91 bits per heavy atom. The Bertz CT molecular complexity index is 494. The third-order valence-corrected chi connectivity index (χ3v) is 3.86. The number of hydrogen-bond acceptors (Lipinski definition) is 5. The molecule has 1 heterocycles. The van der Waals surface area contributed by atoms with E-state index in [0.717, 1.165) is 38.2 Å². The van der Waals surface area contributed by atoms with Crippen LogP contribution in [0.25, 0.3) is 0 Å². The van der Waals surface area contributed by atoms with Gasteiger partial charge in [0.2, 0.25) is 0 Å². The Kier molecular flexibility index (Phi) is 10.1. The fraction of sp³-hybridized carbons (Fsp3) is 0.500. The molecule has 0 spiro atoms. The second-order valence-electron chi connectivity index (χ2n) is 5.09. The molecule has 2 rings (SSSR count). The van der Waals surface area contributed by atoms with Crippen molar-refractivity contribution >= 4 is 24.8 Å². The summed E-state index contributed by atoms with van der Waals surface area (Å²) in [5, 5.41) is 13.8. The second-order valence-corrected chi connectivity index (χ2v) is 5.09. The molecule has 0 aromatic heterocycles. The third kappa shape index (κ3) is 5.18. The van der Waals surface area contributed by atoms with Crippen LogP contribution in [-0.4, -0.2) is 50.4 Å². The summed E-state index contributed by atoms with van der Waals surface area (Å²) in [6, 6.07) is 3.51. The average molecular weight is 365 g/mol. The molecule has 2 N–H and O–H groups in total. The number of hydrogen-bond donors (Lipinski definition) is 2. The van der Waals surface area contributed by atoms with E-state index in [1.165, 1.54) is 0 Å². The minimum atomic E-state index is 0. The standard InChI is InChI=1S/C16H24N2O3.2ClH/c1-4-5-13(18-8-6-17-7-9-18)16-14(19)10-12(20-2)11-15(16)21-3;;/h4,10-11,13,17,19H,1,5-9H2,2-3H3;2*1H/t13-;;/m1../s1. The molecular weight excluding hydrogens is 339 g/mol. The topological polar surface area (TPSA) is 54.0 Å². The van der Waals surface area contributed by atoms with E-state index in [-0.39, 0.29) is 36.6 Å². The maximum absolute atomic E-state index is 10.4. The molecule has 0 saturated carbocycles. The molecule has 1 fully saturated rings. The number of aromatic hydroxyl groups is 1. The monoisotopic (exact) mass is 364 g/mol. The summed E-state index contributed by atoms with van der Waals surface area (Å²) >= 11 is 0. The number of piperazine rings is 1. The van der Waals surface area contributed by atoms with Gasteiger partial charge in [0.25, 0.3) is 0 Å². The van der Waals surface area contributed by atoms with E-state index in [9.17, 15) is 5.11 Å². The molecule has 0 unspecified atom stereocenters. The van der Waals surface area contributed by atoms with Crippen molar-refractivity contribution in [3.05, 3.63) is 30.4 Å². The zero-order valence-electron chi connectivity index (χ0n) is 13.6. The Hall–Kier alpha value is -1.14. The fourth-order valence-electron chi connectivity index (χ4n) is 2.81. The molecule has 0 radical (unpaired) electrons. The second kappa shape index (κ2) is 10.6. The van der Waals surface area contributed by atoms with Crippen LogP contribution in [0.1, 0.15) is 18.0 Å². The van der Waals surface area contributed by atoms with Crippen LogP contribution >= 0.6 is 24.8 Å². The van der Waals surface area contributed by atoms with Crippen molar-refractivity contribution in [2.45, 2.75) is 12.5 Å². The number of benzene rings is 1. The van der Waals surface area contributed by atoms with Gasteiger partial charge in [0.05, 0.1) is 19.8 Å². The lowest BCUT2D eigenvalue weighted by Crippen LogP contribution is -2.45. The molecule has 5 nitrogen and oxygen atoms in total. The highest BCUT2D eigenvalue weighted by molar-refractivity contribution is 5.85. The van der Waals surface area contributed by atoms with Crippen LogP contribution in [0.2, 0.25) is 0 Å². The zero-order valence-corrected chi connectivity index (χ0v) is 15.2. The van der Waals surface area contributed by atoms with E-state index in [4.69, 9.17) is 9.47 Å². The van der Waals surface area contributed by atoms with E-state index < -0.39 is 0 Å². The smallest absolute Gasteiger partial charge is 0.131 e. The van der Waals surface area contributed by atoms with E-state index in [1.54, 1.807) is 20.3 Å². The number of nitrogens with one attached hydrogen (secondary N) is 1. The van der Waals surface area contributed by atoms with E-state index in [2.05, 4.69) is 16.8 Å². The summed E-state index contributed by atoms with van der Waals surface area (Å²) in [5.74, 6) is 1.44. The van der Waals surface area contributed by atoms with Crippen LogP contribution in [0, 0.1) is 0 Å². The summed E-state index contributed by atoms with van der Waals surface area (Å²) in [5.41, 5.74) is 0.806.